The van der Waals surface area contributed by atoms with E-state index in [1.807, 2.05) is 60.7 Å². The van der Waals surface area contributed by atoms with E-state index < -0.39 is 17.4 Å². The molecule has 2 aromatic carbocycles. The molecule has 0 atom stereocenters. The fourth-order valence-electron chi connectivity index (χ4n) is 4.25. The zero-order valence-corrected chi connectivity index (χ0v) is 17.6. The van der Waals surface area contributed by atoms with Crippen LogP contribution in [0.2, 0.25) is 0 Å². The number of esters is 2. The summed E-state index contributed by atoms with van der Waals surface area (Å²) in [5, 5.41) is 0. The van der Waals surface area contributed by atoms with E-state index in [9.17, 15) is 14.4 Å². The van der Waals surface area contributed by atoms with E-state index in [2.05, 4.69) is 0 Å². The van der Waals surface area contributed by atoms with Crippen LogP contribution in [0.4, 0.5) is 0 Å². The summed E-state index contributed by atoms with van der Waals surface area (Å²) < 4.78 is 11.2. The molecule has 5 heteroatoms. The van der Waals surface area contributed by atoms with E-state index in [4.69, 9.17) is 9.47 Å². The number of Topliss-reactive ketones (excluding diaryl/α,β-unsaturated/α-hetero) is 1. The highest BCUT2D eigenvalue weighted by Gasteiger charge is 2.56. The molecule has 0 N–H and O–H groups in total. The van der Waals surface area contributed by atoms with Gasteiger partial charge in [-0.1, -0.05) is 60.7 Å². The molecule has 0 saturated heterocycles. The van der Waals surface area contributed by atoms with Gasteiger partial charge < -0.3 is 9.47 Å². The Morgan fingerprint density at radius 2 is 1.13 bits per heavy atom. The summed E-state index contributed by atoms with van der Waals surface area (Å²) >= 11 is 0. The summed E-state index contributed by atoms with van der Waals surface area (Å²) in [6.07, 6.45) is 0.247. The minimum Gasteiger partial charge on any atom is -0.460 e. The molecule has 0 aromatic heterocycles. The number of carbonyl (C=O) groups is 3. The van der Waals surface area contributed by atoms with Crippen LogP contribution >= 0.6 is 0 Å². The van der Waals surface area contributed by atoms with Gasteiger partial charge in [0.1, 0.15) is 13.2 Å². The van der Waals surface area contributed by atoms with Crippen LogP contribution in [0.3, 0.4) is 0 Å². The van der Waals surface area contributed by atoms with Gasteiger partial charge in [0, 0.05) is 24.0 Å². The SMILES string of the molecule is CC1=C2CC(C(=O)OCc3ccccc3)(C(=O)OCc3ccccc3)CC2=C(C)C1=O. The Bertz CT molecular complexity index is 1010. The van der Waals surface area contributed by atoms with E-state index >= 15 is 0 Å². The van der Waals surface area contributed by atoms with Crippen molar-refractivity contribution in [2.24, 2.45) is 5.41 Å². The Hall–Kier alpha value is -3.47. The average molecular weight is 416 g/mol. The Kier molecular flexibility index (Phi) is 5.59. The van der Waals surface area contributed by atoms with E-state index in [0.717, 1.165) is 22.3 Å². The Labute approximate surface area is 181 Å². The van der Waals surface area contributed by atoms with Gasteiger partial charge >= 0.3 is 11.9 Å². The molecule has 5 nitrogen and oxygen atoms in total. The molecular weight excluding hydrogens is 392 g/mol. The van der Waals surface area contributed by atoms with Crippen LogP contribution in [-0.4, -0.2) is 17.7 Å². The molecule has 0 aliphatic heterocycles. The molecule has 0 heterocycles. The molecule has 31 heavy (non-hydrogen) atoms. The number of ether oxygens (including phenoxy) is 2. The van der Waals surface area contributed by atoms with Crippen molar-refractivity contribution in [2.45, 2.75) is 39.9 Å². The van der Waals surface area contributed by atoms with Crippen LogP contribution in [-0.2, 0) is 37.1 Å². The molecule has 0 spiro atoms. The molecule has 2 aliphatic carbocycles. The molecule has 1 fully saturated rings. The second-order valence-electron chi connectivity index (χ2n) is 8.10. The van der Waals surface area contributed by atoms with Crippen molar-refractivity contribution >= 4 is 17.7 Å². The highest BCUT2D eigenvalue weighted by Crippen LogP contribution is 2.52. The predicted octanol–water partition coefficient (Wildman–Crippen LogP) is 4.47. The normalized spacial score (nSPS) is 17.0. The van der Waals surface area contributed by atoms with Gasteiger partial charge in [0.05, 0.1) is 0 Å². The first-order valence-corrected chi connectivity index (χ1v) is 10.3. The van der Waals surface area contributed by atoms with Crippen LogP contribution in [0.5, 0.6) is 0 Å². The quantitative estimate of drug-likeness (QED) is 0.513. The van der Waals surface area contributed by atoms with Crippen molar-refractivity contribution < 1.29 is 23.9 Å². The van der Waals surface area contributed by atoms with Crippen molar-refractivity contribution in [3.05, 3.63) is 94.1 Å². The largest absolute Gasteiger partial charge is 0.460 e. The highest BCUT2D eigenvalue weighted by atomic mass is 16.6. The van der Waals surface area contributed by atoms with E-state index in [1.54, 1.807) is 13.8 Å². The third-order valence-electron chi connectivity index (χ3n) is 6.11. The molecule has 4 rings (SSSR count). The summed E-state index contributed by atoms with van der Waals surface area (Å²) in [6, 6.07) is 18.6. The Balaban J connectivity index is 1.59. The van der Waals surface area contributed by atoms with E-state index in [-0.39, 0.29) is 31.8 Å². The van der Waals surface area contributed by atoms with Gasteiger partial charge in [0.15, 0.2) is 11.2 Å². The van der Waals surface area contributed by atoms with Crippen LogP contribution in [0.1, 0.15) is 37.8 Å². The third-order valence-corrected chi connectivity index (χ3v) is 6.11. The molecular formula is C26H24O5. The first-order chi connectivity index (χ1) is 14.9. The lowest BCUT2D eigenvalue weighted by molar-refractivity contribution is -0.173. The molecule has 2 aliphatic rings. The zero-order chi connectivity index (χ0) is 22.0. The molecule has 0 amide bonds. The van der Waals surface area contributed by atoms with Gasteiger partial charge in [0.25, 0.3) is 0 Å². The number of carbonyl (C=O) groups excluding carboxylic acids is 3. The lowest BCUT2D eigenvalue weighted by Gasteiger charge is -2.25. The van der Waals surface area contributed by atoms with E-state index in [0.29, 0.717) is 11.1 Å². The number of hydrogen-bond donors (Lipinski definition) is 0. The van der Waals surface area contributed by atoms with Gasteiger partial charge in [-0.3, -0.25) is 14.4 Å². The molecule has 158 valence electrons. The highest BCUT2D eigenvalue weighted by molar-refractivity contribution is 6.14. The smallest absolute Gasteiger partial charge is 0.324 e. The summed E-state index contributed by atoms with van der Waals surface area (Å²) in [5.41, 5.74) is 2.94. The summed E-state index contributed by atoms with van der Waals surface area (Å²) in [5.74, 6) is -1.25. The van der Waals surface area contributed by atoms with Gasteiger partial charge in [-0.25, -0.2) is 0 Å². The van der Waals surface area contributed by atoms with Gasteiger partial charge in [0.2, 0.25) is 0 Å². The molecule has 2 aromatic rings. The van der Waals surface area contributed by atoms with Crippen molar-refractivity contribution in [1.82, 2.24) is 0 Å². The minimum atomic E-state index is -1.47. The maximum atomic E-state index is 13.3. The zero-order valence-electron chi connectivity index (χ0n) is 17.6. The first kappa shape index (κ1) is 20.8. The summed E-state index contributed by atoms with van der Waals surface area (Å²) in [4.78, 5) is 38.9. The molecule has 0 radical (unpaired) electrons. The Morgan fingerprint density at radius 1 is 0.742 bits per heavy atom. The number of benzene rings is 2. The maximum Gasteiger partial charge on any atom is 0.324 e. The number of allylic oxidation sites excluding steroid dienone is 4. The maximum absolute atomic E-state index is 13.3. The third kappa shape index (κ3) is 3.83. The fourth-order valence-corrected chi connectivity index (χ4v) is 4.25. The number of rotatable bonds is 6. The van der Waals surface area contributed by atoms with Gasteiger partial charge in [-0.15, -0.1) is 0 Å². The lowest BCUT2D eigenvalue weighted by atomic mass is 9.84. The summed E-state index contributed by atoms with van der Waals surface area (Å²) in [6.45, 7) is 3.63. The van der Waals surface area contributed by atoms with E-state index in [1.165, 1.54) is 0 Å². The standard InChI is InChI=1S/C26H24O5/c1-17-21-13-26(14-22(21)18(2)23(17)27,24(28)30-15-19-9-5-3-6-10-19)25(29)31-16-20-11-7-4-8-12-20/h3-12H,13-16H2,1-2H3. The van der Waals surface area contributed by atoms with Crippen molar-refractivity contribution in [3.8, 4) is 0 Å². The van der Waals surface area contributed by atoms with Crippen molar-refractivity contribution in [3.63, 3.8) is 0 Å². The second-order valence-corrected chi connectivity index (χ2v) is 8.10. The monoisotopic (exact) mass is 416 g/mol. The summed E-state index contributed by atoms with van der Waals surface area (Å²) in [7, 11) is 0. The molecule has 0 bridgehead atoms. The number of fused-ring (bicyclic) bond motifs is 1. The predicted molar refractivity (Wildman–Crippen MR) is 115 cm³/mol. The van der Waals surface area contributed by atoms with Crippen molar-refractivity contribution in [2.75, 3.05) is 0 Å². The average Bonchev–Trinajstić information content (AvgIpc) is 3.30. The topological polar surface area (TPSA) is 69.7 Å². The molecule has 0 unspecified atom stereocenters. The van der Waals surface area contributed by atoms with Crippen LogP contribution in [0, 0.1) is 5.41 Å². The number of ketones is 1. The number of hydrogen-bond acceptors (Lipinski definition) is 5. The van der Waals surface area contributed by atoms with Crippen LogP contribution in [0.25, 0.3) is 0 Å². The lowest BCUT2D eigenvalue weighted by Crippen LogP contribution is -2.40. The second kappa shape index (κ2) is 8.34. The van der Waals surface area contributed by atoms with Crippen LogP contribution < -0.4 is 0 Å². The molecule has 1 saturated carbocycles. The van der Waals surface area contributed by atoms with Gasteiger partial charge in [-0.2, -0.15) is 0 Å². The van der Waals surface area contributed by atoms with Crippen LogP contribution in [0.15, 0.2) is 83.0 Å². The first-order valence-electron chi connectivity index (χ1n) is 10.3. The Morgan fingerprint density at radius 3 is 1.52 bits per heavy atom. The van der Waals surface area contributed by atoms with Gasteiger partial charge in [-0.05, 0) is 36.1 Å². The van der Waals surface area contributed by atoms with Crippen molar-refractivity contribution in [1.29, 1.82) is 0 Å². The minimum absolute atomic E-state index is 0.0195. The fraction of sp³-hybridized carbons (Fsp3) is 0.269.